The van der Waals surface area contributed by atoms with Crippen LogP contribution >= 0.6 is 0 Å². The lowest BCUT2D eigenvalue weighted by Gasteiger charge is -2.04. The quantitative estimate of drug-likeness (QED) is 0.718. The highest BCUT2D eigenvalue weighted by molar-refractivity contribution is 5.68. The summed E-state index contributed by atoms with van der Waals surface area (Å²) in [6.45, 7) is 3.53. The molecule has 0 unspecified atom stereocenters. The zero-order valence-electron chi connectivity index (χ0n) is 11.1. The Morgan fingerprint density at radius 1 is 1.26 bits per heavy atom. The molecule has 3 heterocycles. The summed E-state index contributed by atoms with van der Waals surface area (Å²) in [6, 6.07) is 4.13. The minimum absolute atomic E-state index is 0.665. The second-order valence-electron chi connectivity index (χ2n) is 4.56. The van der Waals surface area contributed by atoms with Crippen LogP contribution in [0.1, 0.15) is 5.56 Å². The van der Waals surface area contributed by atoms with E-state index in [1.54, 1.807) is 13.3 Å². The van der Waals surface area contributed by atoms with E-state index < -0.39 is 0 Å². The predicted octanol–water partition coefficient (Wildman–Crippen LogP) is 2.15. The molecule has 98 valence electrons. The number of hydrogen-bond donors (Lipinski definition) is 0. The highest BCUT2D eigenvalue weighted by atomic mass is 16.5. The summed E-state index contributed by atoms with van der Waals surface area (Å²) in [6.07, 6.45) is 7.77. The van der Waals surface area contributed by atoms with Gasteiger partial charge in [0.2, 0.25) is 0 Å². The van der Waals surface area contributed by atoms with Crippen LogP contribution in [0.2, 0.25) is 0 Å². The molecular formula is C14H16N4O. The SMILES string of the molecule is COCCn1cc(-c2cn3nccc3cc2C)cn1. The van der Waals surface area contributed by atoms with Gasteiger partial charge in [-0.05, 0) is 24.6 Å². The summed E-state index contributed by atoms with van der Waals surface area (Å²) < 4.78 is 8.83. The lowest BCUT2D eigenvalue weighted by atomic mass is 10.1. The number of methoxy groups -OCH3 is 1. The van der Waals surface area contributed by atoms with Crippen molar-refractivity contribution in [2.24, 2.45) is 0 Å². The molecule has 0 saturated carbocycles. The lowest BCUT2D eigenvalue weighted by Crippen LogP contribution is -2.03. The zero-order valence-corrected chi connectivity index (χ0v) is 11.1. The molecule has 19 heavy (non-hydrogen) atoms. The minimum atomic E-state index is 0.665. The van der Waals surface area contributed by atoms with Crippen molar-refractivity contribution >= 4 is 5.52 Å². The summed E-state index contributed by atoms with van der Waals surface area (Å²) in [5.41, 5.74) is 4.58. The Labute approximate surface area is 111 Å². The molecule has 0 bridgehead atoms. The molecule has 0 aliphatic rings. The number of nitrogens with zero attached hydrogens (tertiary/aromatic N) is 4. The average Bonchev–Trinajstić information content (AvgIpc) is 3.03. The maximum absolute atomic E-state index is 5.06. The maximum Gasteiger partial charge on any atom is 0.0664 e. The van der Waals surface area contributed by atoms with Crippen molar-refractivity contribution in [2.75, 3.05) is 13.7 Å². The molecular weight excluding hydrogens is 240 g/mol. The molecule has 0 N–H and O–H groups in total. The summed E-state index contributed by atoms with van der Waals surface area (Å²) in [4.78, 5) is 0. The predicted molar refractivity (Wildman–Crippen MR) is 73.0 cm³/mol. The van der Waals surface area contributed by atoms with Gasteiger partial charge in [0.05, 0.1) is 24.9 Å². The first-order valence-corrected chi connectivity index (χ1v) is 6.23. The van der Waals surface area contributed by atoms with Crippen LogP contribution in [0.4, 0.5) is 0 Å². The fourth-order valence-corrected chi connectivity index (χ4v) is 2.18. The molecule has 3 aromatic rings. The van der Waals surface area contributed by atoms with Crippen molar-refractivity contribution in [3.8, 4) is 11.1 Å². The molecule has 0 spiro atoms. The molecule has 3 aromatic heterocycles. The van der Waals surface area contributed by atoms with Gasteiger partial charge in [-0.1, -0.05) is 0 Å². The third-order valence-electron chi connectivity index (χ3n) is 3.21. The summed E-state index contributed by atoms with van der Waals surface area (Å²) in [5.74, 6) is 0. The van der Waals surface area contributed by atoms with E-state index in [1.807, 2.05) is 33.9 Å². The van der Waals surface area contributed by atoms with Crippen molar-refractivity contribution < 1.29 is 4.74 Å². The second kappa shape index (κ2) is 4.85. The molecule has 0 aliphatic heterocycles. The first-order valence-electron chi connectivity index (χ1n) is 6.23. The van der Waals surface area contributed by atoms with Crippen molar-refractivity contribution in [2.45, 2.75) is 13.5 Å². The number of hydrogen-bond acceptors (Lipinski definition) is 3. The van der Waals surface area contributed by atoms with Crippen LogP contribution in [0.15, 0.2) is 36.9 Å². The van der Waals surface area contributed by atoms with Crippen molar-refractivity contribution in [1.82, 2.24) is 19.4 Å². The molecule has 0 aliphatic carbocycles. The van der Waals surface area contributed by atoms with Gasteiger partial charge in [-0.3, -0.25) is 4.68 Å². The van der Waals surface area contributed by atoms with Gasteiger partial charge in [0.25, 0.3) is 0 Å². The lowest BCUT2D eigenvalue weighted by molar-refractivity contribution is 0.183. The van der Waals surface area contributed by atoms with Crippen LogP contribution in [-0.2, 0) is 11.3 Å². The Bertz CT molecular complexity index is 698. The van der Waals surface area contributed by atoms with Gasteiger partial charge in [0, 0.05) is 36.8 Å². The molecule has 0 saturated heterocycles. The Morgan fingerprint density at radius 3 is 3.00 bits per heavy atom. The van der Waals surface area contributed by atoms with Crippen molar-refractivity contribution in [3.05, 3.63) is 42.5 Å². The Kier molecular flexibility index (Phi) is 3.05. The number of aromatic nitrogens is 4. The monoisotopic (exact) mass is 256 g/mol. The molecule has 0 amide bonds. The summed E-state index contributed by atoms with van der Waals surface area (Å²) in [5, 5.41) is 8.62. The third kappa shape index (κ3) is 2.24. The molecule has 0 radical (unpaired) electrons. The van der Waals surface area contributed by atoms with Crippen LogP contribution in [0.5, 0.6) is 0 Å². The van der Waals surface area contributed by atoms with E-state index in [-0.39, 0.29) is 0 Å². The first-order chi connectivity index (χ1) is 9.28. The van der Waals surface area contributed by atoms with Crippen LogP contribution in [0.3, 0.4) is 0 Å². The standard InChI is InChI=1S/C14H16N4O/c1-11-7-13-3-4-15-18(13)10-14(11)12-8-16-17(9-12)5-6-19-2/h3-4,7-10H,5-6H2,1-2H3. The largest absolute Gasteiger partial charge is 0.383 e. The third-order valence-corrected chi connectivity index (χ3v) is 3.21. The smallest absolute Gasteiger partial charge is 0.0664 e. The molecule has 5 nitrogen and oxygen atoms in total. The van der Waals surface area contributed by atoms with E-state index >= 15 is 0 Å². The Morgan fingerprint density at radius 2 is 2.16 bits per heavy atom. The van der Waals surface area contributed by atoms with Gasteiger partial charge in [0.15, 0.2) is 0 Å². The van der Waals surface area contributed by atoms with Gasteiger partial charge in [-0.15, -0.1) is 0 Å². The fourth-order valence-electron chi connectivity index (χ4n) is 2.18. The average molecular weight is 256 g/mol. The summed E-state index contributed by atoms with van der Waals surface area (Å²) in [7, 11) is 1.69. The summed E-state index contributed by atoms with van der Waals surface area (Å²) >= 11 is 0. The zero-order chi connectivity index (χ0) is 13.2. The van der Waals surface area contributed by atoms with Gasteiger partial charge in [-0.2, -0.15) is 10.2 Å². The molecule has 5 heteroatoms. The van der Waals surface area contributed by atoms with Crippen molar-refractivity contribution in [3.63, 3.8) is 0 Å². The fraction of sp³-hybridized carbons (Fsp3) is 0.286. The van der Waals surface area contributed by atoms with E-state index in [0.717, 1.165) is 23.2 Å². The molecule has 0 fully saturated rings. The highest BCUT2D eigenvalue weighted by Crippen LogP contribution is 2.23. The van der Waals surface area contributed by atoms with Gasteiger partial charge in [-0.25, -0.2) is 4.52 Å². The van der Waals surface area contributed by atoms with Gasteiger partial charge < -0.3 is 4.74 Å². The van der Waals surface area contributed by atoms with Gasteiger partial charge in [0.1, 0.15) is 0 Å². The number of rotatable bonds is 4. The molecule has 0 atom stereocenters. The topological polar surface area (TPSA) is 44.4 Å². The number of pyridine rings is 1. The van der Waals surface area contributed by atoms with Crippen LogP contribution in [-0.4, -0.2) is 33.1 Å². The van der Waals surface area contributed by atoms with E-state index in [9.17, 15) is 0 Å². The van der Waals surface area contributed by atoms with E-state index in [0.29, 0.717) is 6.61 Å². The Hall–Kier alpha value is -2.14. The van der Waals surface area contributed by atoms with E-state index in [1.165, 1.54) is 5.56 Å². The minimum Gasteiger partial charge on any atom is -0.383 e. The number of ether oxygens (including phenoxy) is 1. The van der Waals surface area contributed by atoms with Crippen LogP contribution in [0.25, 0.3) is 16.6 Å². The Balaban J connectivity index is 1.98. The number of aryl methyl sites for hydroxylation is 1. The van der Waals surface area contributed by atoms with Crippen LogP contribution in [0, 0.1) is 6.92 Å². The maximum atomic E-state index is 5.06. The van der Waals surface area contributed by atoms with E-state index in [2.05, 4.69) is 23.2 Å². The normalized spacial score (nSPS) is 11.3. The molecule has 0 aromatic carbocycles. The first kappa shape index (κ1) is 11.9. The van der Waals surface area contributed by atoms with Crippen LogP contribution < -0.4 is 0 Å². The molecule has 3 rings (SSSR count). The number of fused-ring (bicyclic) bond motifs is 1. The van der Waals surface area contributed by atoms with E-state index in [4.69, 9.17) is 4.74 Å². The van der Waals surface area contributed by atoms with Crippen molar-refractivity contribution in [1.29, 1.82) is 0 Å². The highest BCUT2D eigenvalue weighted by Gasteiger charge is 2.07. The van der Waals surface area contributed by atoms with Gasteiger partial charge >= 0.3 is 0 Å². The second-order valence-corrected chi connectivity index (χ2v) is 4.56.